The van der Waals surface area contributed by atoms with Crippen molar-refractivity contribution in [3.8, 4) is 0 Å². The Morgan fingerprint density at radius 1 is 0.391 bits per heavy atom. The summed E-state index contributed by atoms with van der Waals surface area (Å²) < 4.78 is 15.7. The summed E-state index contributed by atoms with van der Waals surface area (Å²) >= 11 is 0. The van der Waals surface area contributed by atoms with E-state index in [0.717, 1.165) is 83.5 Å². The lowest BCUT2D eigenvalue weighted by Gasteiger charge is -2.33. The molecule has 2 amide bonds. The van der Waals surface area contributed by atoms with E-state index in [1.165, 1.54) is 27.9 Å². The van der Waals surface area contributed by atoms with Crippen molar-refractivity contribution >= 4 is 29.7 Å². The maximum Gasteiger partial charge on any atom is 0.320 e. The van der Waals surface area contributed by atoms with Gasteiger partial charge in [0.15, 0.2) is 0 Å². The molecule has 0 bridgehead atoms. The molecule has 1 fully saturated rings. The number of allylic oxidation sites excluding steroid dienone is 10. The van der Waals surface area contributed by atoms with Gasteiger partial charge in [0.1, 0.15) is 0 Å². The Morgan fingerprint density at radius 2 is 0.710 bits per heavy atom. The molecule has 0 aliphatic carbocycles. The van der Waals surface area contributed by atoms with Gasteiger partial charge in [0.05, 0.1) is 46.0 Å². The Balaban J connectivity index is 2.45. The predicted molar refractivity (Wildman–Crippen MR) is 281 cm³/mol. The molecule has 0 aromatic rings. The summed E-state index contributed by atoms with van der Waals surface area (Å²) in [6.07, 6.45) is 25.4. The predicted octanol–water partition coefficient (Wildman–Crippen LogP) is 8.34. The van der Waals surface area contributed by atoms with Crippen molar-refractivity contribution in [1.29, 1.82) is 0 Å². The van der Waals surface area contributed by atoms with Gasteiger partial charge in [0.25, 0.3) is 0 Å². The lowest BCUT2D eigenvalue weighted by molar-refractivity contribution is -0.146. The second-order valence-corrected chi connectivity index (χ2v) is 18.8. The number of rotatable bonds is 33. The largest absolute Gasteiger partial charge is 0.465 e. The minimum atomic E-state index is -0.324. The molecule has 1 aliphatic rings. The summed E-state index contributed by atoms with van der Waals surface area (Å²) in [7, 11) is 0. The summed E-state index contributed by atoms with van der Waals surface area (Å²) in [6, 6.07) is 0. The average Bonchev–Trinajstić information content (AvgIpc) is 3.28. The molecule has 0 unspecified atom stereocenters. The first-order valence-corrected chi connectivity index (χ1v) is 26.3. The minimum Gasteiger partial charge on any atom is -0.465 e. The Hall–Kier alpha value is -4.11. The quantitative estimate of drug-likeness (QED) is 0.0282. The Bertz CT molecular complexity index is 1600. The van der Waals surface area contributed by atoms with E-state index < -0.39 is 0 Å². The zero-order valence-electron chi connectivity index (χ0n) is 44.9. The van der Waals surface area contributed by atoms with Crippen molar-refractivity contribution in [2.45, 2.75) is 152 Å². The highest BCUT2D eigenvalue weighted by atomic mass is 16.5. The van der Waals surface area contributed by atoms with Crippen molar-refractivity contribution in [2.75, 3.05) is 111 Å². The second-order valence-electron chi connectivity index (χ2n) is 18.8. The van der Waals surface area contributed by atoms with E-state index in [-0.39, 0.29) is 75.7 Å². The third-order valence-electron chi connectivity index (χ3n) is 12.1. The van der Waals surface area contributed by atoms with Crippen LogP contribution < -0.4 is 10.6 Å². The molecular weight excluding hydrogens is 873 g/mol. The molecule has 0 radical (unpaired) electrons. The number of nitrogens with one attached hydrogen (secondary N) is 2. The lowest BCUT2D eigenvalue weighted by Crippen LogP contribution is -2.50. The van der Waals surface area contributed by atoms with Gasteiger partial charge in [-0.05, 0) is 133 Å². The van der Waals surface area contributed by atoms with Gasteiger partial charge >= 0.3 is 17.9 Å². The van der Waals surface area contributed by atoms with Crippen molar-refractivity contribution in [2.24, 2.45) is 0 Å². The summed E-state index contributed by atoms with van der Waals surface area (Å²) in [5.74, 6) is -0.958. The first kappa shape index (κ1) is 62.9. The molecule has 0 aromatic heterocycles. The summed E-state index contributed by atoms with van der Waals surface area (Å²) in [6.45, 7) is 25.1. The minimum absolute atomic E-state index is 0.0792. The van der Waals surface area contributed by atoms with E-state index >= 15 is 0 Å². The van der Waals surface area contributed by atoms with Crippen LogP contribution >= 0.6 is 0 Å². The van der Waals surface area contributed by atoms with Gasteiger partial charge in [-0.2, -0.15) is 0 Å². The van der Waals surface area contributed by atoms with Crippen molar-refractivity contribution < 1.29 is 38.2 Å². The lowest BCUT2D eigenvalue weighted by atomic mass is 10.0. The highest BCUT2D eigenvalue weighted by Gasteiger charge is 2.22. The Labute approximate surface area is 418 Å². The van der Waals surface area contributed by atoms with E-state index in [1.807, 2.05) is 14.7 Å². The number of amides is 2. The van der Waals surface area contributed by atoms with Crippen molar-refractivity contribution in [3.63, 3.8) is 0 Å². The number of nitrogens with zero attached hydrogens (tertiary/aromatic N) is 4. The standard InChI is InChI=1S/C55H96N6O8/c1-10-67-53(64)43-59-36-34-58(35-37-60(44-54(65)68-11-2)39-41-61(40-38-59)45-55(66)69-12-3)42-52(63)57-33-18-14-13-17-32-56-51(62)31-30-50(9)29-21-27-48(7)24-16-15-23-47(6)26-20-28-49(8)25-19-22-46(4)5/h22-24,28-29H,10-21,25-27,30-45H2,1-9H3,(H,56,62)(H,57,63)/b47-23+,48-24+,49-28+,50-29+. The summed E-state index contributed by atoms with van der Waals surface area (Å²) in [4.78, 5) is 71.2. The molecule has 14 nitrogen and oxygen atoms in total. The topological polar surface area (TPSA) is 150 Å². The van der Waals surface area contributed by atoms with E-state index in [1.54, 1.807) is 20.8 Å². The van der Waals surface area contributed by atoms with E-state index in [9.17, 15) is 24.0 Å². The molecule has 14 heteroatoms. The van der Waals surface area contributed by atoms with Crippen LogP contribution in [0.4, 0.5) is 0 Å². The van der Waals surface area contributed by atoms with E-state index in [2.05, 4.69) is 87.5 Å². The molecular formula is C55H96N6O8. The van der Waals surface area contributed by atoms with Crippen LogP contribution in [-0.4, -0.2) is 161 Å². The molecule has 1 aliphatic heterocycles. The fourth-order valence-corrected chi connectivity index (χ4v) is 7.84. The van der Waals surface area contributed by atoms with E-state index in [0.29, 0.717) is 71.9 Å². The molecule has 0 saturated carbocycles. The Morgan fingerprint density at radius 3 is 1.07 bits per heavy atom. The number of hydrogen-bond donors (Lipinski definition) is 2. The Kier molecular flexibility index (Phi) is 37.0. The van der Waals surface area contributed by atoms with Crippen LogP contribution in [0.2, 0.25) is 0 Å². The van der Waals surface area contributed by atoms with Crippen LogP contribution in [0.25, 0.3) is 0 Å². The number of carbonyl (C=O) groups excluding carboxylic acids is 5. The van der Waals surface area contributed by atoms with Crippen LogP contribution in [0.1, 0.15) is 152 Å². The van der Waals surface area contributed by atoms with Crippen LogP contribution in [0, 0.1) is 0 Å². The monoisotopic (exact) mass is 969 g/mol. The number of ether oxygens (including phenoxy) is 3. The van der Waals surface area contributed by atoms with Gasteiger partial charge in [-0.15, -0.1) is 0 Å². The zero-order chi connectivity index (χ0) is 51.1. The van der Waals surface area contributed by atoms with Crippen molar-refractivity contribution in [1.82, 2.24) is 30.2 Å². The van der Waals surface area contributed by atoms with Gasteiger partial charge in [-0.1, -0.05) is 71.1 Å². The van der Waals surface area contributed by atoms with E-state index in [4.69, 9.17) is 14.2 Å². The third-order valence-corrected chi connectivity index (χ3v) is 12.1. The zero-order valence-corrected chi connectivity index (χ0v) is 44.9. The molecule has 1 rings (SSSR count). The second kappa shape index (κ2) is 40.6. The first-order valence-electron chi connectivity index (χ1n) is 26.3. The SMILES string of the molecule is CCOC(=O)CN1CCN(CC(=O)NCCCCCCNC(=O)CC/C(C)=C/CC/C(C)=C/CC/C=C(\C)CC/C=C(\C)CCC=C(C)C)CCN(CC(=O)OCC)CCN(CC(=O)OCC)CC1. The fourth-order valence-electron chi connectivity index (χ4n) is 7.84. The highest BCUT2D eigenvalue weighted by Crippen LogP contribution is 2.15. The molecule has 1 heterocycles. The fraction of sp³-hybridized carbons (Fsp3) is 0.727. The van der Waals surface area contributed by atoms with Gasteiger partial charge in [-0.25, -0.2) is 0 Å². The molecule has 0 atom stereocenters. The molecule has 1 saturated heterocycles. The van der Waals surface area contributed by atoms with Gasteiger partial charge < -0.3 is 24.8 Å². The van der Waals surface area contributed by atoms with Gasteiger partial charge in [0.2, 0.25) is 11.8 Å². The van der Waals surface area contributed by atoms with Crippen LogP contribution in [0.3, 0.4) is 0 Å². The molecule has 394 valence electrons. The van der Waals surface area contributed by atoms with Crippen molar-refractivity contribution in [3.05, 3.63) is 58.2 Å². The number of esters is 3. The van der Waals surface area contributed by atoms with Gasteiger partial charge in [0, 0.05) is 71.9 Å². The van der Waals surface area contributed by atoms with Crippen LogP contribution in [0.15, 0.2) is 58.2 Å². The molecule has 0 spiro atoms. The third kappa shape index (κ3) is 36.5. The maximum absolute atomic E-state index is 13.2. The van der Waals surface area contributed by atoms with Gasteiger partial charge in [-0.3, -0.25) is 43.6 Å². The smallest absolute Gasteiger partial charge is 0.320 e. The summed E-state index contributed by atoms with van der Waals surface area (Å²) in [5.41, 5.74) is 7.04. The molecule has 69 heavy (non-hydrogen) atoms. The first-order chi connectivity index (χ1) is 33.1. The number of hydrogen-bond acceptors (Lipinski definition) is 12. The highest BCUT2D eigenvalue weighted by molar-refractivity contribution is 5.78. The van der Waals surface area contributed by atoms with Crippen LogP contribution in [-0.2, 0) is 38.2 Å². The number of unbranched alkanes of at least 4 members (excludes halogenated alkanes) is 4. The van der Waals surface area contributed by atoms with Crippen LogP contribution in [0.5, 0.6) is 0 Å². The molecule has 0 aromatic carbocycles. The normalized spacial score (nSPS) is 15.7. The molecule has 2 N–H and O–H groups in total. The summed E-state index contributed by atoms with van der Waals surface area (Å²) in [5, 5.41) is 6.14. The average molecular weight is 969 g/mol. The maximum atomic E-state index is 13.2. The number of carbonyl (C=O) groups is 5.